The Morgan fingerprint density at radius 1 is 1.00 bits per heavy atom. The summed E-state index contributed by atoms with van der Waals surface area (Å²) in [6, 6.07) is 18.2. The van der Waals surface area contributed by atoms with E-state index in [9.17, 15) is 4.79 Å². The molecule has 0 aliphatic heterocycles. The minimum atomic E-state index is -1.69. The van der Waals surface area contributed by atoms with Crippen LogP contribution in [0.25, 0.3) is 6.08 Å². The number of nitrogens with one attached hydrogen (secondary N) is 1. The quantitative estimate of drug-likeness (QED) is 0.562. The van der Waals surface area contributed by atoms with Crippen molar-refractivity contribution < 1.29 is 47.0 Å². The predicted octanol–water partition coefficient (Wildman–Crippen LogP) is -2.29. The van der Waals surface area contributed by atoms with Crippen LogP contribution in [-0.4, -0.2) is 12.6 Å². The van der Waals surface area contributed by atoms with Gasteiger partial charge in [0, 0.05) is 0 Å². The molecule has 2 aromatic rings. The molecule has 0 bridgehead atoms. The van der Waals surface area contributed by atoms with E-state index in [2.05, 4.69) is 53.3 Å². The van der Waals surface area contributed by atoms with Crippen molar-refractivity contribution in [2.24, 2.45) is 0 Å². The summed E-state index contributed by atoms with van der Waals surface area (Å²) in [5, 5.41) is 0. The molecule has 0 radical (unpaired) electrons. The molecule has 0 spiro atoms. The number of rotatable bonds is 4. The van der Waals surface area contributed by atoms with Crippen LogP contribution in [0.1, 0.15) is 25.7 Å². The van der Waals surface area contributed by atoms with Gasteiger partial charge in [0.2, 0.25) is 0 Å². The Balaban J connectivity index is 0.00000144. The van der Waals surface area contributed by atoms with Crippen LogP contribution in [0.4, 0.5) is 0 Å². The van der Waals surface area contributed by atoms with Crippen molar-refractivity contribution in [2.45, 2.75) is 17.3 Å². The van der Waals surface area contributed by atoms with Gasteiger partial charge < -0.3 is 24.8 Å². The largest absolute Gasteiger partial charge is 1.00 e. The molecule has 1 N–H and O–H groups in total. The molecule has 24 heavy (non-hydrogen) atoms. The number of fused-ring (bicyclic) bond motifs is 1. The van der Waals surface area contributed by atoms with E-state index in [-0.39, 0.29) is 30.7 Å². The smallest absolute Gasteiger partial charge is 1.00 e. The molecular formula is C18H20Cl2NOSiTi. The fraction of sp³-hybridized carbons (Fsp3) is 0.167. The molecular weight excluding hydrogens is 393 g/mol. The summed E-state index contributed by atoms with van der Waals surface area (Å²) in [7, 11) is 0. The van der Waals surface area contributed by atoms with Crippen LogP contribution in [0, 0.1) is 0 Å². The van der Waals surface area contributed by atoms with Crippen LogP contribution in [-0.2, 0) is 17.4 Å². The van der Waals surface area contributed by atoms with Crippen molar-refractivity contribution in [1.29, 1.82) is 0 Å². The van der Waals surface area contributed by atoms with Gasteiger partial charge >= 0.3 is 139 Å². The van der Waals surface area contributed by atoms with Gasteiger partial charge in [0.15, 0.2) is 0 Å². The molecule has 0 saturated heterocycles. The van der Waals surface area contributed by atoms with Crippen LogP contribution in [0.3, 0.4) is 0 Å². The maximum atomic E-state index is 12.6. The molecule has 0 heterocycles. The Labute approximate surface area is 163 Å². The van der Waals surface area contributed by atoms with E-state index in [0.29, 0.717) is 4.22 Å². The summed E-state index contributed by atoms with van der Waals surface area (Å²) in [5.74, 6) is 0.106. The molecule has 1 unspecified atom stereocenters. The van der Waals surface area contributed by atoms with Gasteiger partial charge in [-0.05, 0) is 0 Å². The van der Waals surface area contributed by atoms with E-state index in [1.165, 1.54) is 11.1 Å². The Bertz CT molecular complexity index is 709. The summed E-state index contributed by atoms with van der Waals surface area (Å²) in [5.41, 5.74) is 3.51. The first kappa shape index (κ1) is 21.2. The summed E-state index contributed by atoms with van der Waals surface area (Å²) < 4.78 is 3.92. The summed E-state index contributed by atoms with van der Waals surface area (Å²) >= 11 is -1.69. The predicted molar refractivity (Wildman–Crippen MR) is 91.0 cm³/mol. The maximum Gasteiger partial charge on any atom is -1.00 e. The first-order valence-corrected chi connectivity index (χ1v) is 14.9. The zero-order valence-corrected chi connectivity index (χ0v) is 17.9. The molecule has 0 aromatic heterocycles. The zero-order chi connectivity index (χ0) is 15.5. The summed E-state index contributed by atoms with van der Waals surface area (Å²) in [6.07, 6.45) is 4.54. The topological polar surface area (TPSA) is 29.1 Å². The molecule has 2 nitrogen and oxygen atoms in total. The van der Waals surface area contributed by atoms with E-state index in [4.69, 9.17) is 0 Å². The Kier molecular flexibility index (Phi) is 8.48. The second kappa shape index (κ2) is 9.59. The van der Waals surface area contributed by atoms with Gasteiger partial charge in [0.25, 0.3) is 0 Å². The van der Waals surface area contributed by atoms with Gasteiger partial charge in [-0.3, -0.25) is 0 Å². The normalized spacial score (nSPS) is 14.4. The van der Waals surface area contributed by atoms with E-state index >= 15 is 0 Å². The van der Waals surface area contributed by atoms with Gasteiger partial charge in [0.05, 0.1) is 0 Å². The van der Waals surface area contributed by atoms with Gasteiger partial charge in [0.1, 0.15) is 0 Å². The average Bonchev–Trinajstić information content (AvgIpc) is 2.96. The molecule has 1 aliphatic rings. The number of amides is 1. The van der Waals surface area contributed by atoms with Crippen molar-refractivity contribution >= 4 is 18.6 Å². The molecule has 1 aliphatic carbocycles. The number of halogens is 2. The monoisotopic (exact) mass is 412 g/mol. The molecule has 3 rings (SSSR count). The van der Waals surface area contributed by atoms with Crippen LogP contribution < -0.4 is 28.6 Å². The van der Waals surface area contributed by atoms with Gasteiger partial charge in [-0.25, -0.2) is 0 Å². The van der Waals surface area contributed by atoms with Gasteiger partial charge in [-0.1, -0.05) is 0 Å². The van der Waals surface area contributed by atoms with Gasteiger partial charge in [-0.15, -0.1) is 0 Å². The number of benzene rings is 2. The number of carbonyl (C=O) groups excluding carboxylic acids is 1. The standard InChI is InChI=1S/C9H7.C7H7NO.C2H7Si.2ClH.Ti/c1-2-5-9-7-3-6-8(9)4-1;8-7(9)6-4-2-1-3-5-6;1-3-2;;;/h1-7H;1-5H,(H2,8,9);3H,1-2H3;2*1H;/q;;;;;+3/p-3. The third-order valence-electron chi connectivity index (χ3n) is 4.05. The molecule has 125 valence electrons. The first-order chi connectivity index (χ1) is 10.7. The average molecular weight is 413 g/mol. The summed E-state index contributed by atoms with van der Waals surface area (Å²) in [6.45, 7) is 3.85. The van der Waals surface area contributed by atoms with E-state index in [1.807, 2.05) is 30.3 Å². The third-order valence-corrected chi connectivity index (χ3v) is 15.8. The number of carbonyl (C=O) groups is 1. The molecule has 0 saturated carbocycles. The Morgan fingerprint density at radius 3 is 2.29 bits per heavy atom. The van der Waals surface area contributed by atoms with Crippen molar-refractivity contribution in [1.82, 2.24) is 3.80 Å². The molecule has 1 atom stereocenters. The van der Waals surface area contributed by atoms with Crippen LogP contribution in [0.5, 0.6) is 0 Å². The second-order valence-electron chi connectivity index (χ2n) is 5.90. The Hall–Kier alpha value is -0.839. The van der Waals surface area contributed by atoms with E-state index < -0.39 is 24.0 Å². The van der Waals surface area contributed by atoms with Crippen LogP contribution in [0.15, 0.2) is 60.7 Å². The first-order valence-electron chi connectivity index (χ1n) is 7.67. The maximum absolute atomic E-state index is 12.6. The molecule has 2 aromatic carbocycles. The fourth-order valence-electron chi connectivity index (χ4n) is 2.89. The molecule has 1 amide bonds. The number of hydrogen-bond donors (Lipinski definition) is 1. The minimum absolute atomic E-state index is 0. The fourth-order valence-corrected chi connectivity index (χ4v) is 12.6. The number of hydrogen-bond acceptors (Lipinski definition) is 1. The van der Waals surface area contributed by atoms with Crippen molar-refractivity contribution in [3.63, 3.8) is 0 Å². The summed E-state index contributed by atoms with van der Waals surface area (Å²) in [4.78, 5) is 12.6. The van der Waals surface area contributed by atoms with Crippen molar-refractivity contribution in [3.8, 4) is 0 Å². The zero-order valence-electron chi connectivity index (χ0n) is 13.7. The minimum Gasteiger partial charge on any atom is -1.00 e. The number of allylic oxidation sites excluding steroid dienone is 1. The Morgan fingerprint density at radius 2 is 1.62 bits per heavy atom. The third kappa shape index (κ3) is 4.62. The van der Waals surface area contributed by atoms with E-state index in [0.717, 1.165) is 5.56 Å². The van der Waals surface area contributed by atoms with Crippen molar-refractivity contribution in [3.05, 3.63) is 77.4 Å². The van der Waals surface area contributed by atoms with Crippen LogP contribution >= 0.6 is 0 Å². The SMILES string of the molecule is C[SiH](C)[Ti+2]([NH]C(=O)c1ccccc1)[CH]1C=Cc2ccccc21.[Cl-].[Cl-]. The molecule has 6 heteroatoms. The molecule has 0 fully saturated rings. The van der Waals surface area contributed by atoms with Gasteiger partial charge in [-0.2, -0.15) is 0 Å². The van der Waals surface area contributed by atoms with Crippen molar-refractivity contribution in [2.75, 3.05) is 0 Å². The van der Waals surface area contributed by atoms with Crippen LogP contribution in [0.2, 0.25) is 13.1 Å². The second-order valence-corrected chi connectivity index (χ2v) is 19.0. The van der Waals surface area contributed by atoms with E-state index in [1.54, 1.807) is 0 Å².